The Morgan fingerprint density at radius 2 is 1.67 bits per heavy atom. The molecular weight excluding hydrogens is 308 g/mol. The summed E-state index contributed by atoms with van der Waals surface area (Å²) in [5.41, 5.74) is 8.71. The molecule has 2 aromatic rings. The van der Waals surface area contributed by atoms with Crippen molar-refractivity contribution >= 4 is 33.0 Å². The smallest absolute Gasteiger partial charge is 0.262 e. The number of anilines is 2. The van der Waals surface area contributed by atoms with Crippen molar-refractivity contribution in [3.8, 4) is 0 Å². The van der Waals surface area contributed by atoms with Gasteiger partial charge < -0.3 is 5.73 Å². The molecule has 0 aliphatic rings. The maximum atomic E-state index is 12.6. The molecule has 112 valence electrons. The van der Waals surface area contributed by atoms with Crippen LogP contribution in [0.5, 0.6) is 0 Å². The highest BCUT2D eigenvalue weighted by molar-refractivity contribution is 7.92. The first-order valence-electron chi connectivity index (χ1n) is 6.37. The van der Waals surface area contributed by atoms with E-state index in [1.807, 2.05) is 6.92 Å². The molecule has 0 bridgehead atoms. The Morgan fingerprint density at radius 3 is 2.33 bits per heavy atom. The van der Waals surface area contributed by atoms with Crippen LogP contribution in [0.2, 0.25) is 5.02 Å². The number of benzene rings is 2. The minimum atomic E-state index is -3.73. The summed E-state index contributed by atoms with van der Waals surface area (Å²) in [6, 6.07) is 8.46. The Morgan fingerprint density at radius 1 is 1.05 bits per heavy atom. The highest BCUT2D eigenvalue weighted by Crippen LogP contribution is 2.28. The van der Waals surface area contributed by atoms with Crippen LogP contribution < -0.4 is 10.5 Å². The minimum absolute atomic E-state index is 0.210. The van der Waals surface area contributed by atoms with Gasteiger partial charge in [0.2, 0.25) is 0 Å². The number of aryl methyl sites for hydroxylation is 2. The summed E-state index contributed by atoms with van der Waals surface area (Å²) in [6.07, 6.45) is 0. The first kappa shape index (κ1) is 15.7. The normalized spacial score (nSPS) is 11.4. The zero-order chi connectivity index (χ0) is 15.8. The van der Waals surface area contributed by atoms with Gasteiger partial charge in [-0.25, -0.2) is 8.42 Å². The fraction of sp³-hybridized carbons (Fsp3) is 0.200. The Hall–Kier alpha value is -1.72. The molecule has 0 aromatic heterocycles. The summed E-state index contributed by atoms with van der Waals surface area (Å²) < 4.78 is 27.9. The van der Waals surface area contributed by atoms with Crippen LogP contribution >= 0.6 is 11.6 Å². The number of nitrogen functional groups attached to an aromatic ring is 1. The van der Waals surface area contributed by atoms with Gasteiger partial charge in [0.05, 0.1) is 10.6 Å². The molecular formula is C15H17ClN2O2S. The number of nitrogens with one attached hydrogen (secondary N) is 1. The lowest BCUT2D eigenvalue weighted by Gasteiger charge is -2.15. The Kier molecular flexibility index (Phi) is 4.16. The highest BCUT2D eigenvalue weighted by Gasteiger charge is 2.21. The first-order chi connectivity index (χ1) is 9.72. The number of hydrogen-bond donors (Lipinski definition) is 2. The van der Waals surface area contributed by atoms with Crippen molar-refractivity contribution in [1.82, 2.24) is 0 Å². The number of hydrogen-bond acceptors (Lipinski definition) is 3. The third-order valence-electron chi connectivity index (χ3n) is 3.36. The molecule has 0 spiro atoms. The van der Waals surface area contributed by atoms with Gasteiger partial charge in [0.25, 0.3) is 10.0 Å². The molecule has 3 N–H and O–H groups in total. The quantitative estimate of drug-likeness (QED) is 0.846. The van der Waals surface area contributed by atoms with Crippen molar-refractivity contribution < 1.29 is 8.42 Å². The topological polar surface area (TPSA) is 72.2 Å². The molecule has 0 unspecified atom stereocenters. The van der Waals surface area contributed by atoms with E-state index in [0.717, 1.165) is 5.56 Å². The van der Waals surface area contributed by atoms with E-state index in [1.54, 1.807) is 44.2 Å². The van der Waals surface area contributed by atoms with Gasteiger partial charge in [0.1, 0.15) is 0 Å². The van der Waals surface area contributed by atoms with E-state index in [1.165, 1.54) is 0 Å². The lowest BCUT2D eigenvalue weighted by molar-refractivity contribution is 0.600. The Labute approximate surface area is 130 Å². The fourth-order valence-corrected chi connectivity index (χ4v) is 3.95. The second-order valence-electron chi connectivity index (χ2n) is 4.99. The Balaban J connectivity index is 2.54. The molecule has 21 heavy (non-hydrogen) atoms. The first-order valence-corrected chi connectivity index (χ1v) is 8.23. The van der Waals surface area contributed by atoms with Crippen LogP contribution in [-0.4, -0.2) is 8.42 Å². The van der Waals surface area contributed by atoms with Gasteiger partial charge in [-0.05, 0) is 55.7 Å². The Bertz CT molecular complexity index is 802. The predicted molar refractivity (Wildman–Crippen MR) is 87.3 cm³/mol. The van der Waals surface area contributed by atoms with Crippen molar-refractivity contribution in [2.75, 3.05) is 10.5 Å². The number of nitrogens with two attached hydrogens (primary N) is 1. The summed E-state index contributed by atoms with van der Waals surface area (Å²) in [6.45, 7) is 5.25. The van der Waals surface area contributed by atoms with Gasteiger partial charge in [0, 0.05) is 10.7 Å². The van der Waals surface area contributed by atoms with E-state index < -0.39 is 10.0 Å². The van der Waals surface area contributed by atoms with Crippen LogP contribution in [0.4, 0.5) is 11.4 Å². The zero-order valence-electron chi connectivity index (χ0n) is 12.1. The molecule has 0 aliphatic heterocycles. The maximum Gasteiger partial charge on any atom is 0.262 e. The molecule has 0 saturated carbocycles. The van der Waals surface area contributed by atoms with Crippen LogP contribution in [0.15, 0.2) is 35.2 Å². The van der Waals surface area contributed by atoms with Crippen LogP contribution in [-0.2, 0) is 10.0 Å². The molecule has 0 heterocycles. The SMILES string of the molecule is Cc1ccc(Cl)cc1NS(=O)(=O)c1c(C)ccc(N)c1C. The molecule has 0 aliphatic carbocycles. The van der Waals surface area contributed by atoms with E-state index in [2.05, 4.69) is 4.72 Å². The van der Waals surface area contributed by atoms with Crippen molar-refractivity contribution in [2.45, 2.75) is 25.7 Å². The number of rotatable bonds is 3. The van der Waals surface area contributed by atoms with Crippen molar-refractivity contribution in [3.63, 3.8) is 0 Å². The lowest BCUT2D eigenvalue weighted by Crippen LogP contribution is -2.17. The van der Waals surface area contributed by atoms with Crippen molar-refractivity contribution in [1.29, 1.82) is 0 Å². The van der Waals surface area contributed by atoms with Gasteiger partial charge in [-0.3, -0.25) is 4.72 Å². The van der Waals surface area contributed by atoms with E-state index in [9.17, 15) is 8.42 Å². The van der Waals surface area contributed by atoms with E-state index in [-0.39, 0.29) is 4.90 Å². The van der Waals surface area contributed by atoms with E-state index >= 15 is 0 Å². The zero-order valence-corrected chi connectivity index (χ0v) is 13.6. The van der Waals surface area contributed by atoms with Gasteiger partial charge >= 0.3 is 0 Å². The molecule has 2 aromatic carbocycles. The third-order valence-corrected chi connectivity index (χ3v) is 5.25. The standard InChI is InChI=1S/C15H17ClN2O2S/c1-9-4-6-12(16)8-14(9)18-21(19,20)15-10(2)5-7-13(17)11(15)3/h4-8,18H,17H2,1-3H3. The molecule has 0 radical (unpaired) electrons. The van der Waals surface area contributed by atoms with Crippen LogP contribution in [0.3, 0.4) is 0 Å². The van der Waals surface area contributed by atoms with Crippen LogP contribution in [0.25, 0.3) is 0 Å². The summed E-state index contributed by atoms with van der Waals surface area (Å²) >= 11 is 5.92. The van der Waals surface area contributed by atoms with Crippen LogP contribution in [0, 0.1) is 20.8 Å². The molecule has 0 saturated heterocycles. The summed E-state index contributed by atoms with van der Waals surface area (Å²) in [7, 11) is -3.73. The van der Waals surface area contributed by atoms with Gasteiger partial charge in [-0.2, -0.15) is 0 Å². The lowest BCUT2D eigenvalue weighted by atomic mass is 10.1. The molecule has 0 fully saturated rings. The number of halogens is 1. The maximum absolute atomic E-state index is 12.6. The number of sulfonamides is 1. The fourth-order valence-electron chi connectivity index (χ4n) is 2.16. The van der Waals surface area contributed by atoms with Crippen molar-refractivity contribution in [3.05, 3.63) is 52.0 Å². The molecule has 2 rings (SSSR count). The molecule has 0 amide bonds. The minimum Gasteiger partial charge on any atom is -0.398 e. The summed E-state index contributed by atoms with van der Waals surface area (Å²) in [5.74, 6) is 0. The van der Waals surface area contributed by atoms with Gasteiger partial charge in [-0.1, -0.05) is 23.7 Å². The van der Waals surface area contributed by atoms with Crippen LogP contribution in [0.1, 0.15) is 16.7 Å². The van der Waals surface area contributed by atoms with Crippen molar-refractivity contribution in [2.24, 2.45) is 0 Å². The van der Waals surface area contributed by atoms with Gasteiger partial charge in [0.15, 0.2) is 0 Å². The van der Waals surface area contributed by atoms with E-state index in [0.29, 0.717) is 27.5 Å². The molecule has 0 atom stereocenters. The largest absolute Gasteiger partial charge is 0.398 e. The monoisotopic (exact) mass is 324 g/mol. The second kappa shape index (κ2) is 5.58. The molecule has 6 heteroatoms. The average Bonchev–Trinajstić information content (AvgIpc) is 2.38. The highest BCUT2D eigenvalue weighted by atomic mass is 35.5. The average molecular weight is 325 g/mol. The predicted octanol–water partition coefficient (Wildman–Crippen LogP) is 3.65. The molecule has 4 nitrogen and oxygen atoms in total. The second-order valence-corrected chi connectivity index (χ2v) is 7.05. The van der Waals surface area contributed by atoms with Gasteiger partial charge in [-0.15, -0.1) is 0 Å². The third kappa shape index (κ3) is 3.14. The summed E-state index contributed by atoms with van der Waals surface area (Å²) in [5, 5.41) is 0.472. The van der Waals surface area contributed by atoms with E-state index in [4.69, 9.17) is 17.3 Å². The summed E-state index contributed by atoms with van der Waals surface area (Å²) in [4.78, 5) is 0.210.